The van der Waals surface area contributed by atoms with Crippen molar-refractivity contribution < 1.29 is 0 Å². The monoisotopic (exact) mass is 311 g/mol. The molecule has 0 aliphatic carbocycles. The second kappa shape index (κ2) is 5.64. The maximum Gasteiger partial charge on any atom is 0.0528 e. The highest BCUT2D eigenvalue weighted by Crippen LogP contribution is 2.27. The Labute approximate surface area is 113 Å². The highest BCUT2D eigenvalue weighted by Gasteiger charge is 2.14. The molecule has 0 amide bonds. The number of nitrogens with one attached hydrogen (secondary N) is 1. The van der Waals surface area contributed by atoms with E-state index in [0.29, 0.717) is 0 Å². The van der Waals surface area contributed by atoms with E-state index >= 15 is 0 Å². The van der Waals surface area contributed by atoms with Crippen molar-refractivity contribution in [2.24, 2.45) is 5.84 Å². The summed E-state index contributed by atoms with van der Waals surface area (Å²) >= 11 is 5.17. The van der Waals surface area contributed by atoms with Gasteiger partial charge >= 0.3 is 0 Å². The maximum absolute atomic E-state index is 5.98. The molecule has 2 aromatic rings. The van der Waals surface area contributed by atoms with E-state index in [1.54, 1.807) is 11.3 Å². The number of halogens is 1. The average molecular weight is 312 g/mol. The summed E-state index contributed by atoms with van der Waals surface area (Å²) in [6.07, 6.45) is 0.842. The summed E-state index contributed by atoms with van der Waals surface area (Å²) in [4.78, 5) is 1.28. The van der Waals surface area contributed by atoms with Gasteiger partial charge in [0.2, 0.25) is 0 Å². The summed E-state index contributed by atoms with van der Waals surface area (Å²) in [5.41, 5.74) is 10.6. The molecule has 1 unspecified atom stereocenters. The third-order valence-corrected chi connectivity index (χ3v) is 4.00. The summed E-state index contributed by atoms with van der Waals surface area (Å²) in [5.74, 6) is 5.62. The smallest absolute Gasteiger partial charge is 0.0528 e. The Balaban J connectivity index is 2.25. The molecular formula is C12H14BrN3S. The van der Waals surface area contributed by atoms with Crippen LogP contribution in [0.5, 0.6) is 0 Å². The van der Waals surface area contributed by atoms with Crippen molar-refractivity contribution in [3.05, 3.63) is 50.6 Å². The highest BCUT2D eigenvalue weighted by atomic mass is 79.9. The molecule has 1 atom stereocenters. The van der Waals surface area contributed by atoms with E-state index in [0.717, 1.165) is 22.1 Å². The topological polar surface area (TPSA) is 64.1 Å². The van der Waals surface area contributed by atoms with Gasteiger partial charge in [0.25, 0.3) is 0 Å². The molecule has 5 N–H and O–H groups in total. The largest absolute Gasteiger partial charge is 0.398 e. The van der Waals surface area contributed by atoms with Crippen molar-refractivity contribution in [1.29, 1.82) is 0 Å². The fraction of sp³-hybridized carbons (Fsp3) is 0.167. The molecule has 17 heavy (non-hydrogen) atoms. The van der Waals surface area contributed by atoms with Crippen LogP contribution in [-0.4, -0.2) is 0 Å². The number of nitrogens with two attached hydrogens (primary N) is 2. The van der Waals surface area contributed by atoms with Gasteiger partial charge in [-0.1, -0.05) is 22.0 Å². The number of rotatable bonds is 4. The predicted molar refractivity (Wildman–Crippen MR) is 76.6 cm³/mol. The Kier molecular flexibility index (Phi) is 4.17. The summed E-state index contributed by atoms with van der Waals surface area (Å²) in [6, 6.07) is 10.00. The first-order valence-corrected chi connectivity index (χ1v) is 6.91. The van der Waals surface area contributed by atoms with Gasteiger partial charge in [0.1, 0.15) is 0 Å². The number of nitrogen functional groups attached to an aromatic ring is 1. The number of hydrogen-bond acceptors (Lipinski definition) is 4. The molecule has 90 valence electrons. The first kappa shape index (κ1) is 12.6. The van der Waals surface area contributed by atoms with Crippen LogP contribution < -0.4 is 17.0 Å². The van der Waals surface area contributed by atoms with Gasteiger partial charge in [-0.05, 0) is 35.2 Å². The van der Waals surface area contributed by atoms with Gasteiger partial charge in [-0.15, -0.1) is 11.3 Å². The minimum absolute atomic E-state index is 0.0335. The predicted octanol–water partition coefficient (Wildman–Crippen LogP) is 2.84. The number of benzene rings is 1. The lowest BCUT2D eigenvalue weighted by Gasteiger charge is -2.17. The zero-order chi connectivity index (χ0) is 12.3. The molecule has 0 saturated heterocycles. The second-order valence-corrected chi connectivity index (χ2v) is 5.72. The number of anilines is 1. The van der Waals surface area contributed by atoms with Crippen LogP contribution in [0.1, 0.15) is 16.5 Å². The summed E-state index contributed by atoms with van der Waals surface area (Å²) in [7, 11) is 0. The second-order valence-electron chi connectivity index (χ2n) is 3.78. The molecule has 1 heterocycles. The lowest BCUT2D eigenvalue weighted by atomic mass is 10.0. The molecule has 1 aromatic carbocycles. The molecule has 1 aromatic heterocycles. The van der Waals surface area contributed by atoms with Gasteiger partial charge < -0.3 is 5.73 Å². The maximum atomic E-state index is 5.98. The normalized spacial score (nSPS) is 12.6. The number of hydrazine groups is 1. The standard InChI is InChI=1S/C12H14BrN3S/c13-8-3-4-11(14)10(6-8)12(16-15)7-9-2-1-5-17-9/h1-6,12,16H,7,14-15H2. The van der Waals surface area contributed by atoms with Gasteiger partial charge in [-0.25, -0.2) is 0 Å². The number of hydrogen-bond donors (Lipinski definition) is 3. The average Bonchev–Trinajstić information content (AvgIpc) is 2.82. The van der Waals surface area contributed by atoms with Crippen molar-refractivity contribution in [2.45, 2.75) is 12.5 Å². The number of thiophene rings is 1. The van der Waals surface area contributed by atoms with Gasteiger partial charge in [0, 0.05) is 21.5 Å². The summed E-state index contributed by atoms with van der Waals surface area (Å²) < 4.78 is 1.01. The molecule has 0 fully saturated rings. The van der Waals surface area contributed by atoms with E-state index in [2.05, 4.69) is 32.8 Å². The molecule has 2 rings (SSSR count). The molecular weight excluding hydrogens is 298 g/mol. The molecule has 0 aliphatic rings. The molecule has 0 aliphatic heterocycles. The lowest BCUT2D eigenvalue weighted by Crippen LogP contribution is -2.30. The van der Waals surface area contributed by atoms with Crippen LogP contribution in [0.25, 0.3) is 0 Å². The third kappa shape index (κ3) is 3.07. The Bertz CT molecular complexity index is 485. The van der Waals surface area contributed by atoms with Crippen molar-refractivity contribution in [3.8, 4) is 0 Å². The lowest BCUT2D eigenvalue weighted by molar-refractivity contribution is 0.557. The fourth-order valence-corrected chi connectivity index (χ4v) is 2.87. The molecule has 0 spiro atoms. The Morgan fingerprint density at radius 2 is 2.18 bits per heavy atom. The van der Waals surface area contributed by atoms with Crippen LogP contribution in [-0.2, 0) is 6.42 Å². The van der Waals surface area contributed by atoms with Gasteiger partial charge in [-0.2, -0.15) is 0 Å². The SMILES string of the molecule is NNC(Cc1cccs1)c1cc(Br)ccc1N. The highest BCUT2D eigenvalue weighted by molar-refractivity contribution is 9.10. The summed E-state index contributed by atoms with van der Waals surface area (Å²) in [6.45, 7) is 0. The van der Waals surface area contributed by atoms with E-state index in [9.17, 15) is 0 Å². The third-order valence-electron chi connectivity index (χ3n) is 2.61. The Hall–Kier alpha value is -0.880. The van der Waals surface area contributed by atoms with Crippen molar-refractivity contribution in [2.75, 3.05) is 5.73 Å². The van der Waals surface area contributed by atoms with Gasteiger partial charge in [-0.3, -0.25) is 11.3 Å². The van der Waals surface area contributed by atoms with Crippen LogP contribution >= 0.6 is 27.3 Å². The molecule has 0 radical (unpaired) electrons. The van der Waals surface area contributed by atoms with E-state index < -0.39 is 0 Å². The fourth-order valence-electron chi connectivity index (χ4n) is 1.74. The molecule has 5 heteroatoms. The molecule has 0 bridgehead atoms. The first-order valence-electron chi connectivity index (χ1n) is 5.24. The zero-order valence-corrected chi connectivity index (χ0v) is 11.6. The minimum atomic E-state index is 0.0335. The van der Waals surface area contributed by atoms with Gasteiger partial charge in [0.05, 0.1) is 6.04 Å². The zero-order valence-electron chi connectivity index (χ0n) is 9.19. The van der Waals surface area contributed by atoms with E-state index in [-0.39, 0.29) is 6.04 Å². The van der Waals surface area contributed by atoms with Crippen LogP contribution in [0.15, 0.2) is 40.2 Å². The van der Waals surface area contributed by atoms with E-state index in [1.165, 1.54) is 4.88 Å². The van der Waals surface area contributed by atoms with Crippen LogP contribution in [0.4, 0.5) is 5.69 Å². The van der Waals surface area contributed by atoms with Crippen LogP contribution in [0.3, 0.4) is 0 Å². The van der Waals surface area contributed by atoms with Crippen LogP contribution in [0.2, 0.25) is 0 Å². The van der Waals surface area contributed by atoms with Crippen molar-refractivity contribution in [1.82, 2.24) is 5.43 Å². The first-order chi connectivity index (χ1) is 8.20. The van der Waals surface area contributed by atoms with E-state index in [1.807, 2.05) is 24.3 Å². The van der Waals surface area contributed by atoms with Crippen LogP contribution in [0, 0.1) is 0 Å². The summed E-state index contributed by atoms with van der Waals surface area (Å²) in [5, 5.41) is 2.06. The van der Waals surface area contributed by atoms with E-state index in [4.69, 9.17) is 11.6 Å². The van der Waals surface area contributed by atoms with Gasteiger partial charge in [0.15, 0.2) is 0 Å². The quantitative estimate of drug-likeness (QED) is 0.462. The van der Waals surface area contributed by atoms with Crippen molar-refractivity contribution >= 4 is 33.0 Å². The Morgan fingerprint density at radius 3 is 2.82 bits per heavy atom. The van der Waals surface area contributed by atoms with Crippen molar-refractivity contribution in [3.63, 3.8) is 0 Å². The Morgan fingerprint density at radius 1 is 1.35 bits per heavy atom. The molecule has 0 saturated carbocycles. The molecule has 3 nitrogen and oxygen atoms in total. The minimum Gasteiger partial charge on any atom is -0.398 e.